The smallest absolute Gasteiger partial charge is 0.329 e. The van der Waals surface area contributed by atoms with Crippen molar-refractivity contribution in [1.82, 2.24) is 19.8 Å². The summed E-state index contributed by atoms with van der Waals surface area (Å²) in [7, 11) is 3.88. The Bertz CT molecular complexity index is 2100. The summed E-state index contributed by atoms with van der Waals surface area (Å²) in [6.45, 7) is 4.80. The molecule has 1 amide bonds. The number of nitro benzene ring substituents is 1. The molecule has 0 radical (unpaired) electrons. The molecule has 0 unspecified atom stereocenters. The average molecular weight is 676 g/mol. The van der Waals surface area contributed by atoms with Gasteiger partial charge in [-0.25, -0.2) is 4.79 Å². The Morgan fingerprint density at radius 2 is 1.52 bits per heavy atom. The molecule has 5 aromatic rings. The number of hydrogen-bond donors (Lipinski definition) is 2. The highest BCUT2D eigenvalue weighted by Gasteiger charge is 2.19. The first-order valence-corrected chi connectivity index (χ1v) is 16.8. The lowest BCUT2D eigenvalue weighted by atomic mass is 10.0. The van der Waals surface area contributed by atoms with Crippen LogP contribution in [-0.4, -0.2) is 72.1 Å². The van der Waals surface area contributed by atoms with Gasteiger partial charge in [0.1, 0.15) is 0 Å². The van der Waals surface area contributed by atoms with E-state index in [0.717, 1.165) is 55.0 Å². The van der Waals surface area contributed by atoms with Crippen LogP contribution in [0.1, 0.15) is 33.5 Å². The maximum Gasteiger partial charge on any atom is 0.329 e. The molecule has 1 fully saturated rings. The topological polar surface area (TPSA) is 137 Å². The van der Waals surface area contributed by atoms with Gasteiger partial charge >= 0.3 is 5.69 Å². The minimum absolute atomic E-state index is 0.0171. The molecule has 12 heteroatoms. The summed E-state index contributed by atoms with van der Waals surface area (Å²) in [6, 6.07) is 27.9. The first kappa shape index (κ1) is 34.1. The molecule has 0 atom stereocenters. The molecular formula is C38H41N7O5. The van der Waals surface area contributed by atoms with Gasteiger partial charge in [0.2, 0.25) is 0 Å². The van der Waals surface area contributed by atoms with Crippen LogP contribution in [0.3, 0.4) is 0 Å². The second kappa shape index (κ2) is 15.2. The summed E-state index contributed by atoms with van der Waals surface area (Å²) in [5.41, 5.74) is 3.96. The van der Waals surface area contributed by atoms with Gasteiger partial charge in [0.15, 0.2) is 0 Å². The Balaban J connectivity index is 1.09. The van der Waals surface area contributed by atoms with Gasteiger partial charge in [-0.1, -0.05) is 36.4 Å². The van der Waals surface area contributed by atoms with Crippen LogP contribution < -0.4 is 26.4 Å². The zero-order valence-corrected chi connectivity index (χ0v) is 28.3. The van der Waals surface area contributed by atoms with E-state index in [0.29, 0.717) is 29.7 Å². The maximum absolute atomic E-state index is 13.4. The van der Waals surface area contributed by atoms with Crippen molar-refractivity contribution in [2.24, 2.45) is 0 Å². The number of benzene rings is 4. The molecule has 2 heterocycles. The van der Waals surface area contributed by atoms with Crippen molar-refractivity contribution < 1.29 is 9.72 Å². The van der Waals surface area contributed by atoms with Gasteiger partial charge in [-0.15, -0.1) is 0 Å². The Kier molecular flexibility index (Phi) is 10.4. The molecule has 0 aliphatic carbocycles. The lowest BCUT2D eigenvalue weighted by Crippen LogP contribution is -2.46. The number of anilines is 2. The van der Waals surface area contributed by atoms with E-state index in [2.05, 4.69) is 56.5 Å². The molecule has 50 heavy (non-hydrogen) atoms. The van der Waals surface area contributed by atoms with Gasteiger partial charge in [0.25, 0.3) is 17.2 Å². The monoisotopic (exact) mass is 675 g/mol. The highest BCUT2D eigenvalue weighted by Crippen LogP contribution is 2.23. The molecule has 1 aromatic heterocycles. The van der Waals surface area contributed by atoms with E-state index < -0.39 is 16.2 Å². The van der Waals surface area contributed by atoms with E-state index >= 15 is 0 Å². The number of nitro groups is 1. The van der Waals surface area contributed by atoms with Crippen LogP contribution in [0.15, 0.2) is 101 Å². The average Bonchev–Trinajstić information content (AvgIpc) is 3.12. The van der Waals surface area contributed by atoms with E-state index in [1.807, 2.05) is 37.2 Å². The second-order valence-electron chi connectivity index (χ2n) is 12.9. The van der Waals surface area contributed by atoms with Crippen molar-refractivity contribution in [3.8, 4) is 0 Å². The molecule has 4 aromatic carbocycles. The summed E-state index contributed by atoms with van der Waals surface area (Å²) >= 11 is 0. The van der Waals surface area contributed by atoms with E-state index in [1.165, 1.54) is 23.9 Å². The van der Waals surface area contributed by atoms with Crippen LogP contribution in [0.2, 0.25) is 0 Å². The number of H-pyrrole nitrogens is 1. The predicted molar refractivity (Wildman–Crippen MR) is 196 cm³/mol. The van der Waals surface area contributed by atoms with E-state index in [9.17, 15) is 24.5 Å². The van der Waals surface area contributed by atoms with E-state index in [1.54, 1.807) is 18.2 Å². The summed E-state index contributed by atoms with van der Waals surface area (Å²) in [5.74, 6) is -0.328. The summed E-state index contributed by atoms with van der Waals surface area (Å²) in [4.78, 5) is 60.2. The van der Waals surface area contributed by atoms with Crippen molar-refractivity contribution in [1.29, 1.82) is 0 Å². The van der Waals surface area contributed by atoms with Gasteiger partial charge in [-0.3, -0.25) is 24.3 Å². The zero-order valence-electron chi connectivity index (χ0n) is 28.3. The third kappa shape index (κ3) is 7.92. The molecule has 2 N–H and O–H groups in total. The molecule has 1 aliphatic heterocycles. The van der Waals surface area contributed by atoms with Crippen molar-refractivity contribution in [2.75, 3.05) is 56.6 Å². The molecule has 6 rings (SSSR count). The highest BCUT2D eigenvalue weighted by atomic mass is 16.6. The normalized spacial score (nSPS) is 13.2. The number of nitrogens with one attached hydrogen (secondary N) is 2. The minimum Gasteiger partial charge on any atom is -0.368 e. The molecule has 12 nitrogen and oxygen atoms in total. The van der Waals surface area contributed by atoms with Gasteiger partial charge < -0.3 is 25.0 Å². The number of rotatable bonds is 12. The third-order valence-electron chi connectivity index (χ3n) is 9.13. The van der Waals surface area contributed by atoms with Crippen molar-refractivity contribution >= 4 is 33.9 Å². The lowest BCUT2D eigenvalue weighted by molar-refractivity contribution is -0.385. The first-order valence-electron chi connectivity index (χ1n) is 16.8. The standard InChI is InChI=1S/C38H41N7O5/c1-41(2)18-6-7-29-23-28(12-17-35(29)45(49)50)26-44-37(47)33-16-13-30(24-34(33)40-38(44)48)36(46)39-25-27-10-14-32(15-11-27)43-21-19-42(20-22-43)31-8-4-3-5-9-31/h3-5,8-17,23-24H,6-7,18-22,25-26H2,1-2H3,(H,39,46)(H,40,48). The van der Waals surface area contributed by atoms with Gasteiger partial charge in [-0.05, 0) is 93.1 Å². The van der Waals surface area contributed by atoms with Crippen molar-refractivity contribution in [3.05, 3.63) is 144 Å². The molecule has 0 spiro atoms. The van der Waals surface area contributed by atoms with E-state index in [-0.39, 0.29) is 29.0 Å². The van der Waals surface area contributed by atoms with Crippen LogP contribution in [0.5, 0.6) is 0 Å². The summed E-state index contributed by atoms with van der Waals surface area (Å²) < 4.78 is 1.07. The Labute approximate surface area is 289 Å². The van der Waals surface area contributed by atoms with Crippen LogP contribution in [0, 0.1) is 10.1 Å². The number of fused-ring (bicyclic) bond motifs is 1. The number of carbonyl (C=O) groups excluding carboxylic acids is 1. The number of para-hydroxylation sites is 1. The van der Waals surface area contributed by atoms with Gasteiger partial charge in [0.05, 0.1) is 22.4 Å². The largest absolute Gasteiger partial charge is 0.368 e. The van der Waals surface area contributed by atoms with Crippen LogP contribution in [0.25, 0.3) is 10.9 Å². The van der Waals surface area contributed by atoms with Crippen LogP contribution in [-0.2, 0) is 19.5 Å². The fourth-order valence-corrected chi connectivity index (χ4v) is 6.39. The molecule has 1 saturated heterocycles. The summed E-state index contributed by atoms with van der Waals surface area (Å²) in [6.07, 6.45) is 1.22. The number of aromatic amines is 1. The molecule has 0 saturated carbocycles. The number of hydrogen-bond acceptors (Lipinski definition) is 8. The van der Waals surface area contributed by atoms with Crippen molar-refractivity contribution in [3.63, 3.8) is 0 Å². The number of piperazine rings is 1. The number of nitrogens with zero attached hydrogens (tertiary/aromatic N) is 5. The Hall–Kier alpha value is -5.75. The van der Waals surface area contributed by atoms with Gasteiger partial charge in [-0.2, -0.15) is 0 Å². The maximum atomic E-state index is 13.4. The fraction of sp³-hybridized carbons (Fsp3) is 0.289. The van der Waals surface area contributed by atoms with Crippen LogP contribution in [0.4, 0.5) is 17.1 Å². The minimum atomic E-state index is -0.630. The molecule has 0 bridgehead atoms. The molecule has 1 aliphatic rings. The zero-order chi connectivity index (χ0) is 35.2. The number of aromatic nitrogens is 2. The molecule has 258 valence electrons. The third-order valence-corrected chi connectivity index (χ3v) is 9.13. The highest BCUT2D eigenvalue weighted by molar-refractivity contribution is 5.97. The van der Waals surface area contributed by atoms with Gasteiger partial charge in [0, 0.05) is 61.3 Å². The number of amides is 1. The number of aryl methyl sites for hydroxylation is 1. The lowest BCUT2D eigenvalue weighted by Gasteiger charge is -2.37. The van der Waals surface area contributed by atoms with Crippen LogP contribution >= 0.6 is 0 Å². The Morgan fingerprint density at radius 3 is 2.18 bits per heavy atom. The summed E-state index contributed by atoms with van der Waals surface area (Å²) in [5, 5.41) is 14.8. The van der Waals surface area contributed by atoms with E-state index in [4.69, 9.17) is 0 Å². The van der Waals surface area contributed by atoms with Crippen molar-refractivity contribution in [2.45, 2.75) is 25.9 Å². The fourth-order valence-electron chi connectivity index (χ4n) is 6.39. The number of carbonyl (C=O) groups is 1. The Morgan fingerprint density at radius 1 is 0.860 bits per heavy atom. The first-order chi connectivity index (χ1) is 24.2. The molecular weight excluding hydrogens is 634 g/mol. The second-order valence-corrected chi connectivity index (χ2v) is 12.9. The quantitative estimate of drug-likeness (QED) is 0.147. The predicted octanol–water partition coefficient (Wildman–Crippen LogP) is 4.40. The SMILES string of the molecule is CN(C)CCCc1cc(Cn2c(=O)[nH]c3cc(C(=O)NCc4ccc(N5CCN(c6ccccc6)CC5)cc4)ccc3c2=O)ccc1[N+](=O)[O-].